The molecule has 0 spiro atoms. The Bertz CT molecular complexity index is 1230. The third kappa shape index (κ3) is 12.7. The average molecular weight is 568 g/mol. The highest BCUT2D eigenvalue weighted by molar-refractivity contribution is 5.66. The van der Waals surface area contributed by atoms with Crippen molar-refractivity contribution < 1.29 is 43.6 Å². The standard InChI is InChI=1S/C27H29NO5.2C2H4O2/c1-17(29)31-16-26-13-25(32-18(2)30)14-27(33-26)22-9-10-23(15-28)24(12-22)11-19-3-5-20(6-4-19)21-7-8-21;2*1-2(3)4/h3-6,9-10,12,21,25-27H,7-8,11,13-14,16H2,1-2H3;2*1H3,(H,3,4)/t25-,26-,27+;;/m0../s1. The van der Waals surface area contributed by atoms with Gasteiger partial charge in [-0.3, -0.25) is 19.2 Å². The molecule has 0 unspecified atom stereocenters. The predicted molar refractivity (Wildman–Crippen MR) is 148 cm³/mol. The van der Waals surface area contributed by atoms with E-state index in [2.05, 4.69) is 30.3 Å². The largest absolute Gasteiger partial charge is 0.481 e. The first-order valence-corrected chi connectivity index (χ1v) is 13.3. The monoisotopic (exact) mass is 567 g/mol. The van der Waals surface area contributed by atoms with Crippen molar-refractivity contribution in [2.24, 2.45) is 0 Å². The van der Waals surface area contributed by atoms with Crippen molar-refractivity contribution in [1.29, 1.82) is 5.26 Å². The van der Waals surface area contributed by atoms with E-state index in [-0.39, 0.29) is 36.9 Å². The average Bonchev–Trinajstić information content (AvgIpc) is 3.72. The lowest BCUT2D eigenvalue weighted by Crippen LogP contribution is -2.36. The summed E-state index contributed by atoms with van der Waals surface area (Å²) in [5.74, 6) is -1.68. The lowest BCUT2D eigenvalue weighted by atomic mass is 9.91. The molecule has 2 aliphatic rings. The number of ether oxygens (including phenoxy) is 3. The van der Waals surface area contributed by atoms with Crippen molar-refractivity contribution in [2.45, 2.75) is 84.0 Å². The zero-order valence-electron chi connectivity index (χ0n) is 23.8. The van der Waals surface area contributed by atoms with E-state index < -0.39 is 11.9 Å². The molecule has 0 radical (unpaired) electrons. The van der Waals surface area contributed by atoms with Crippen molar-refractivity contribution in [3.8, 4) is 6.07 Å². The second-order valence-electron chi connectivity index (χ2n) is 10.0. The predicted octanol–water partition coefficient (Wildman–Crippen LogP) is 4.92. The summed E-state index contributed by atoms with van der Waals surface area (Å²) in [4.78, 5) is 40.8. The number of nitriles is 1. The van der Waals surface area contributed by atoms with Gasteiger partial charge in [-0.2, -0.15) is 5.26 Å². The fraction of sp³-hybridized carbons (Fsp3) is 0.452. The minimum atomic E-state index is -0.833. The molecule has 41 heavy (non-hydrogen) atoms. The number of carboxylic acids is 2. The Morgan fingerprint density at radius 1 is 0.902 bits per heavy atom. The third-order valence-electron chi connectivity index (χ3n) is 6.21. The number of esters is 2. The lowest BCUT2D eigenvalue weighted by Gasteiger charge is -2.35. The summed E-state index contributed by atoms with van der Waals surface area (Å²) in [7, 11) is 0. The first-order valence-electron chi connectivity index (χ1n) is 13.3. The first-order chi connectivity index (χ1) is 19.4. The summed E-state index contributed by atoms with van der Waals surface area (Å²) in [5.41, 5.74) is 5.03. The number of carboxylic acid groups (broad SMARTS) is 2. The van der Waals surface area contributed by atoms with Gasteiger partial charge in [-0.1, -0.05) is 36.4 Å². The van der Waals surface area contributed by atoms with Crippen molar-refractivity contribution in [1.82, 2.24) is 0 Å². The quantitative estimate of drug-likeness (QED) is 0.439. The highest BCUT2D eigenvalue weighted by Gasteiger charge is 2.33. The molecular formula is C31H37NO9. The highest BCUT2D eigenvalue weighted by atomic mass is 16.6. The number of benzene rings is 2. The third-order valence-corrected chi connectivity index (χ3v) is 6.21. The molecule has 1 saturated carbocycles. The molecule has 0 bridgehead atoms. The Balaban J connectivity index is 0.000000653. The van der Waals surface area contributed by atoms with Crippen LogP contribution in [0.25, 0.3) is 0 Å². The van der Waals surface area contributed by atoms with Crippen LogP contribution in [0.15, 0.2) is 42.5 Å². The van der Waals surface area contributed by atoms with Gasteiger partial charge >= 0.3 is 11.9 Å². The normalized spacial score (nSPS) is 19.1. The zero-order valence-corrected chi connectivity index (χ0v) is 23.8. The van der Waals surface area contributed by atoms with Crippen LogP contribution < -0.4 is 0 Å². The van der Waals surface area contributed by atoms with Crippen LogP contribution in [-0.2, 0) is 39.8 Å². The molecule has 0 aromatic heterocycles. The van der Waals surface area contributed by atoms with Gasteiger partial charge in [0.2, 0.25) is 0 Å². The zero-order chi connectivity index (χ0) is 30.5. The Kier molecular flexibility index (Phi) is 13.0. The van der Waals surface area contributed by atoms with Crippen LogP contribution in [0.2, 0.25) is 0 Å². The molecule has 2 aromatic rings. The summed E-state index contributed by atoms with van der Waals surface area (Å²) in [6.07, 6.45) is 3.16. The van der Waals surface area contributed by atoms with Crippen LogP contribution >= 0.6 is 0 Å². The van der Waals surface area contributed by atoms with Gasteiger partial charge in [0.15, 0.2) is 0 Å². The van der Waals surface area contributed by atoms with Gasteiger partial charge in [0, 0.05) is 40.5 Å². The van der Waals surface area contributed by atoms with Gasteiger partial charge < -0.3 is 24.4 Å². The molecule has 4 rings (SSSR count). The molecule has 0 amide bonds. The van der Waals surface area contributed by atoms with Gasteiger partial charge in [0.1, 0.15) is 12.7 Å². The van der Waals surface area contributed by atoms with Crippen molar-refractivity contribution >= 4 is 23.9 Å². The minimum Gasteiger partial charge on any atom is -0.481 e. The highest BCUT2D eigenvalue weighted by Crippen LogP contribution is 2.40. The molecule has 1 saturated heterocycles. The summed E-state index contributed by atoms with van der Waals surface area (Å²) < 4.78 is 16.8. The van der Waals surface area contributed by atoms with E-state index in [0.29, 0.717) is 30.7 Å². The fourth-order valence-corrected chi connectivity index (χ4v) is 4.45. The molecule has 2 fully saturated rings. The van der Waals surface area contributed by atoms with Crippen LogP contribution in [0, 0.1) is 11.3 Å². The maximum atomic E-state index is 11.6. The summed E-state index contributed by atoms with van der Waals surface area (Å²) in [6, 6.07) is 16.7. The smallest absolute Gasteiger partial charge is 0.302 e. The number of hydrogen-bond donors (Lipinski definition) is 2. The van der Waals surface area contributed by atoms with E-state index in [0.717, 1.165) is 30.5 Å². The first kappa shape index (κ1) is 33.0. The van der Waals surface area contributed by atoms with Gasteiger partial charge in [-0.05, 0) is 53.5 Å². The number of hydrogen-bond acceptors (Lipinski definition) is 8. The van der Waals surface area contributed by atoms with E-state index in [1.807, 2.05) is 18.2 Å². The lowest BCUT2D eigenvalue weighted by molar-refractivity contribution is -0.169. The van der Waals surface area contributed by atoms with E-state index in [9.17, 15) is 14.9 Å². The van der Waals surface area contributed by atoms with Crippen LogP contribution in [0.5, 0.6) is 0 Å². The second kappa shape index (κ2) is 16.1. The summed E-state index contributed by atoms with van der Waals surface area (Å²) in [6.45, 7) is 5.02. The number of carbonyl (C=O) groups is 4. The van der Waals surface area contributed by atoms with E-state index in [1.165, 1.54) is 32.3 Å². The minimum absolute atomic E-state index is 0.111. The maximum Gasteiger partial charge on any atom is 0.302 e. The van der Waals surface area contributed by atoms with Gasteiger partial charge in [-0.15, -0.1) is 0 Å². The molecule has 2 N–H and O–H groups in total. The van der Waals surface area contributed by atoms with Crippen LogP contribution in [0.4, 0.5) is 0 Å². The van der Waals surface area contributed by atoms with Crippen molar-refractivity contribution in [3.63, 3.8) is 0 Å². The second-order valence-corrected chi connectivity index (χ2v) is 10.0. The number of aliphatic carboxylic acids is 2. The molecule has 1 aliphatic carbocycles. The van der Waals surface area contributed by atoms with E-state index >= 15 is 0 Å². The van der Waals surface area contributed by atoms with Crippen LogP contribution in [-0.4, -0.2) is 52.9 Å². The van der Waals surface area contributed by atoms with Gasteiger partial charge in [0.25, 0.3) is 11.9 Å². The molecule has 1 heterocycles. The molecule has 10 heteroatoms. The van der Waals surface area contributed by atoms with Gasteiger partial charge in [0.05, 0.1) is 23.8 Å². The fourth-order valence-electron chi connectivity index (χ4n) is 4.45. The van der Waals surface area contributed by atoms with E-state index in [4.69, 9.17) is 34.0 Å². The molecule has 220 valence electrons. The van der Waals surface area contributed by atoms with Crippen LogP contribution in [0.3, 0.4) is 0 Å². The van der Waals surface area contributed by atoms with Crippen molar-refractivity contribution in [2.75, 3.05) is 6.61 Å². The number of rotatable bonds is 7. The van der Waals surface area contributed by atoms with Crippen LogP contribution in [0.1, 0.15) is 93.2 Å². The molecule has 10 nitrogen and oxygen atoms in total. The van der Waals surface area contributed by atoms with Crippen molar-refractivity contribution in [3.05, 3.63) is 70.3 Å². The Morgan fingerprint density at radius 2 is 1.49 bits per heavy atom. The molecular weight excluding hydrogens is 530 g/mol. The number of carbonyl (C=O) groups excluding carboxylic acids is 2. The Labute approximate surface area is 239 Å². The molecule has 3 atom stereocenters. The number of nitrogens with zero attached hydrogens (tertiary/aromatic N) is 1. The SMILES string of the molecule is CC(=O)O.CC(=O)O.CC(=O)OC[C@@H]1C[C@H](OC(C)=O)C[C@H](c2ccc(C#N)c(Cc3ccc(C4CC4)cc3)c2)O1. The summed E-state index contributed by atoms with van der Waals surface area (Å²) >= 11 is 0. The van der Waals surface area contributed by atoms with Gasteiger partial charge in [-0.25, -0.2) is 0 Å². The Morgan fingerprint density at radius 3 is 2.00 bits per heavy atom. The maximum absolute atomic E-state index is 11.6. The molecule has 2 aromatic carbocycles. The Hall–Kier alpha value is -4.23. The topological polar surface area (TPSA) is 160 Å². The van der Waals surface area contributed by atoms with E-state index in [1.54, 1.807) is 0 Å². The summed E-state index contributed by atoms with van der Waals surface area (Å²) in [5, 5.41) is 24.5. The molecule has 1 aliphatic heterocycles.